The van der Waals surface area contributed by atoms with E-state index in [4.69, 9.17) is 5.11 Å². The molecule has 0 saturated heterocycles. The summed E-state index contributed by atoms with van der Waals surface area (Å²) < 4.78 is 0. The first-order chi connectivity index (χ1) is 11.5. The number of rotatable bonds is 10. The van der Waals surface area contributed by atoms with Crippen molar-refractivity contribution in [3.63, 3.8) is 0 Å². The van der Waals surface area contributed by atoms with E-state index in [-0.39, 0.29) is 24.7 Å². The molecule has 0 unspecified atom stereocenters. The van der Waals surface area contributed by atoms with Crippen molar-refractivity contribution in [1.82, 2.24) is 16.0 Å². The highest BCUT2D eigenvalue weighted by Crippen LogP contribution is 2.10. The molecule has 1 aromatic rings. The molecule has 1 aromatic carbocycles. The standard InChI is InChI=1S/C15H19N3O5S/c19-12(16-6-13(20)18-8-15(22)23)7-17-14(21)10-24-9-11-4-2-1-3-5-11/h1-5H,6-10H2,(H,16,19)(H,17,21)(H,18,20)(H,22,23). The number of nitrogens with one attached hydrogen (secondary N) is 3. The minimum Gasteiger partial charge on any atom is -0.480 e. The lowest BCUT2D eigenvalue weighted by atomic mass is 10.2. The van der Waals surface area contributed by atoms with Gasteiger partial charge in [0.2, 0.25) is 17.7 Å². The zero-order valence-corrected chi connectivity index (χ0v) is 13.7. The zero-order chi connectivity index (χ0) is 17.8. The summed E-state index contributed by atoms with van der Waals surface area (Å²) in [4.78, 5) is 44.5. The molecule has 0 aliphatic carbocycles. The Balaban J connectivity index is 2.09. The van der Waals surface area contributed by atoms with Crippen LogP contribution >= 0.6 is 11.8 Å². The van der Waals surface area contributed by atoms with Crippen molar-refractivity contribution in [1.29, 1.82) is 0 Å². The normalized spacial score (nSPS) is 9.83. The van der Waals surface area contributed by atoms with Crippen LogP contribution in [0.4, 0.5) is 0 Å². The maximum Gasteiger partial charge on any atom is 0.322 e. The Morgan fingerprint density at radius 3 is 1.96 bits per heavy atom. The van der Waals surface area contributed by atoms with E-state index >= 15 is 0 Å². The Morgan fingerprint density at radius 2 is 1.38 bits per heavy atom. The molecule has 4 N–H and O–H groups in total. The number of hydrogen-bond donors (Lipinski definition) is 4. The minimum atomic E-state index is -1.17. The molecule has 0 bridgehead atoms. The topological polar surface area (TPSA) is 125 Å². The fourth-order valence-electron chi connectivity index (χ4n) is 1.54. The van der Waals surface area contributed by atoms with E-state index in [1.807, 2.05) is 30.3 Å². The van der Waals surface area contributed by atoms with E-state index < -0.39 is 24.3 Å². The molecule has 1 rings (SSSR count). The number of carbonyl (C=O) groups is 4. The molecular weight excluding hydrogens is 334 g/mol. The molecule has 24 heavy (non-hydrogen) atoms. The summed E-state index contributed by atoms with van der Waals surface area (Å²) in [5.74, 6) is -1.67. The lowest BCUT2D eigenvalue weighted by Gasteiger charge is -2.07. The van der Waals surface area contributed by atoms with Gasteiger partial charge in [-0.05, 0) is 5.56 Å². The van der Waals surface area contributed by atoms with Gasteiger partial charge in [0.25, 0.3) is 0 Å². The van der Waals surface area contributed by atoms with Gasteiger partial charge in [-0.3, -0.25) is 19.2 Å². The third-order valence-corrected chi connectivity index (χ3v) is 3.68. The predicted octanol–water partition coefficient (Wildman–Crippen LogP) is -0.647. The quantitative estimate of drug-likeness (QED) is 0.443. The Morgan fingerprint density at radius 1 is 0.833 bits per heavy atom. The molecule has 0 spiro atoms. The number of carbonyl (C=O) groups excluding carboxylic acids is 3. The van der Waals surface area contributed by atoms with Gasteiger partial charge < -0.3 is 21.1 Å². The first-order valence-electron chi connectivity index (χ1n) is 7.11. The van der Waals surface area contributed by atoms with Crippen LogP contribution in [-0.4, -0.2) is 54.2 Å². The fraction of sp³-hybridized carbons (Fsp3) is 0.333. The Bertz CT molecular complexity index is 580. The van der Waals surface area contributed by atoms with Gasteiger partial charge in [0.1, 0.15) is 6.54 Å². The summed E-state index contributed by atoms with van der Waals surface area (Å²) in [6, 6.07) is 9.70. The number of aliphatic carboxylic acids is 1. The highest BCUT2D eigenvalue weighted by atomic mass is 32.2. The maximum atomic E-state index is 11.6. The summed E-state index contributed by atoms with van der Waals surface area (Å²) in [6.07, 6.45) is 0. The molecule has 0 aromatic heterocycles. The lowest BCUT2D eigenvalue weighted by Crippen LogP contribution is -2.43. The number of amides is 3. The third kappa shape index (κ3) is 9.46. The third-order valence-electron chi connectivity index (χ3n) is 2.67. The van der Waals surface area contributed by atoms with Gasteiger partial charge >= 0.3 is 5.97 Å². The van der Waals surface area contributed by atoms with Crippen molar-refractivity contribution < 1.29 is 24.3 Å². The van der Waals surface area contributed by atoms with Gasteiger partial charge in [0.15, 0.2) is 0 Å². The summed E-state index contributed by atoms with van der Waals surface area (Å²) in [5, 5.41) is 15.2. The van der Waals surface area contributed by atoms with Crippen LogP contribution in [0.15, 0.2) is 30.3 Å². The molecule has 9 heteroatoms. The number of benzene rings is 1. The molecule has 0 aliphatic heterocycles. The fourth-order valence-corrected chi connectivity index (χ4v) is 2.36. The van der Waals surface area contributed by atoms with E-state index in [2.05, 4.69) is 16.0 Å². The van der Waals surface area contributed by atoms with Crippen molar-refractivity contribution in [3.05, 3.63) is 35.9 Å². The molecule has 0 heterocycles. The van der Waals surface area contributed by atoms with E-state index in [1.165, 1.54) is 11.8 Å². The van der Waals surface area contributed by atoms with Crippen LogP contribution in [0.3, 0.4) is 0 Å². The van der Waals surface area contributed by atoms with Crippen molar-refractivity contribution >= 4 is 35.5 Å². The van der Waals surface area contributed by atoms with Crippen LogP contribution in [0.5, 0.6) is 0 Å². The van der Waals surface area contributed by atoms with Gasteiger partial charge in [0, 0.05) is 5.75 Å². The monoisotopic (exact) mass is 353 g/mol. The maximum absolute atomic E-state index is 11.6. The van der Waals surface area contributed by atoms with Crippen LogP contribution < -0.4 is 16.0 Å². The van der Waals surface area contributed by atoms with Gasteiger partial charge in [-0.1, -0.05) is 30.3 Å². The van der Waals surface area contributed by atoms with Crippen LogP contribution in [0.2, 0.25) is 0 Å². The average molecular weight is 353 g/mol. The Hall–Kier alpha value is -2.55. The van der Waals surface area contributed by atoms with Crippen LogP contribution in [0, 0.1) is 0 Å². The van der Waals surface area contributed by atoms with Gasteiger partial charge in [-0.25, -0.2) is 0 Å². The summed E-state index contributed by atoms with van der Waals surface area (Å²) in [6.45, 7) is -1.09. The number of thioether (sulfide) groups is 1. The molecule has 3 amide bonds. The second kappa shape index (κ2) is 11.1. The molecule has 0 fully saturated rings. The van der Waals surface area contributed by atoms with Crippen LogP contribution in [0.1, 0.15) is 5.56 Å². The molecule has 0 aliphatic rings. The predicted molar refractivity (Wildman–Crippen MR) is 89.3 cm³/mol. The molecule has 0 saturated carbocycles. The first kappa shape index (κ1) is 19.5. The van der Waals surface area contributed by atoms with Crippen molar-refractivity contribution in [2.45, 2.75) is 5.75 Å². The SMILES string of the molecule is O=C(O)CNC(=O)CNC(=O)CNC(=O)CSCc1ccccc1. The summed E-state index contributed by atoms with van der Waals surface area (Å²) in [7, 11) is 0. The number of carboxylic acid groups (broad SMARTS) is 1. The van der Waals surface area contributed by atoms with E-state index in [9.17, 15) is 19.2 Å². The van der Waals surface area contributed by atoms with Gasteiger partial charge in [-0.15, -0.1) is 11.8 Å². The van der Waals surface area contributed by atoms with Crippen molar-refractivity contribution in [2.75, 3.05) is 25.4 Å². The largest absolute Gasteiger partial charge is 0.480 e. The Labute approximate surface area is 143 Å². The number of hydrogen-bond acceptors (Lipinski definition) is 5. The van der Waals surface area contributed by atoms with Gasteiger partial charge in [-0.2, -0.15) is 0 Å². The van der Waals surface area contributed by atoms with E-state index in [1.54, 1.807) is 0 Å². The zero-order valence-electron chi connectivity index (χ0n) is 12.9. The highest BCUT2D eigenvalue weighted by Gasteiger charge is 2.08. The molecule has 130 valence electrons. The molecule has 0 atom stereocenters. The van der Waals surface area contributed by atoms with Crippen LogP contribution in [-0.2, 0) is 24.9 Å². The molecular formula is C15H19N3O5S. The van der Waals surface area contributed by atoms with Crippen molar-refractivity contribution in [2.24, 2.45) is 0 Å². The lowest BCUT2D eigenvalue weighted by molar-refractivity contribution is -0.137. The van der Waals surface area contributed by atoms with E-state index in [0.717, 1.165) is 5.56 Å². The number of carboxylic acids is 1. The van der Waals surface area contributed by atoms with Gasteiger partial charge in [0.05, 0.1) is 18.8 Å². The minimum absolute atomic E-state index is 0.223. The van der Waals surface area contributed by atoms with Crippen molar-refractivity contribution in [3.8, 4) is 0 Å². The second-order valence-electron chi connectivity index (χ2n) is 4.70. The molecule has 0 radical (unpaired) electrons. The molecule has 8 nitrogen and oxygen atoms in total. The summed E-state index contributed by atoms with van der Waals surface area (Å²) >= 11 is 1.43. The second-order valence-corrected chi connectivity index (χ2v) is 5.69. The Kier molecular flexibility index (Phi) is 8.98. The smallest absolute Gasteiger partial charge is 0.322 e. The van der Waals surface area contributed by atoms with Crippen LogP contribution in [0.25, 0.3) is 0 Å². The summed E-state index contributed by atoms with van der Waals surface area (Å²) in [5.41, 5.74) is 1.11. The first-order valence-corrected chi connectivity index (χ1v) is 8.26. The van der Waals surface area contributed by atoms with E-state index in [0.29, 0.717) is 5.75 Å². The highest BCUT2D eigenvalue weighted by molar-refractivity contribution is 7.99. The average Bonchev–Trinajstić information content (AvgIpc) is 2.57.